The lowest BCUT2D eigenvalue weighted by Crippen LogP contribution is -2.18. The molecule has 3 rings (SSSR count). The minimum absolute atomic E-state index is 0.0487. The van der Waals surface area contributed by atoms with Gasteiger partial charge >= 0.3 is 0 Å². The van der Waals surface area contributed by atoms with Crippen LogP contribution in [0.15, 0.2) is 47.6 Å². The van der Waals surface area contributed by atoms with Crippen molar-refractivity contribution in [3.63, 3.8) is 0 Å². The van der Waals surface area contributed by atoms with Crippen molar-refractivity contribution in [2.24, 2.45) is 0 Å². The summed E-state index contributed by atoms with van der Waals surface area (Å²) in [5.41, 5.74) is 4.27. The molecule has 130 valence electrons. The molecule has 0 aliphatic carbocycles. The molecule has 6 heteroatoms. The molecular formula is C19H23N5O. The summed E-state index contributed by atoms with van der Waals surface area (Å²) >= 11 is 0. The van der Waals surface area contributed by atoms with Crippen molar-refractivity contribution in [3.8, 4) is 11.4 Å². The van der Waals surface area contributed by atoms with E-state index in [1.165, 1.54) is 0 Å². The van der Waals surface area contributed by atoms with E-state index in [-0.39, 0.29) is 6.04 Å². The molecule has 1 atom stereocenters. The summed E-state index contributed by atoms with van der Waals surface area (Å²) in [5.74, 6) is 1.20. The Balaban J connectivity index is 1.67. The molecule has 0 unspecified atom stereocenters. The summed E-state index contributed by atoms with van der Waals surface area (Å²) < 4.78 is 7.32. The molecule has 0 amide bonds. The molecule has 1 aromatic carbocycles. The zero-order valence-corrected chi connectivity index (χ0v) is 14.9. The SMILES string of the molecule is C=CCn1cc(CN[C@@H](C)c2nc(-c3ccccc3C)no2)c(C)n1. The predicted molar refractivity (Wildman–Crippen MR) is 96.9 cm³/mol. The normalized spacial score (nSPS) is 12.3. The van der Waals surface area contributed by atoms with E-state index in [4.69, 9.17) is 4.52 Å². The van der Waals surface area contributed by atoms with Crippen molar-refractivity contribution < 1.29 is 4.52 Å². The third kappa shape index (κ3) is 3.85. The van der Waals surface area contributed by atoms with Gasteiger partial charge in [-0.2, -0.15) is 10.1 Å². The number of nitrogens with zero attached hydrogens (tertiary/aromatic N) is 4. The Hall–Kier alpha value is -2.73. The molecule has 0 radical (unpaired) electrons. The summed E-state index contributed by atoms with van der Waals surface area (Å²) in [5, 5.41) is 12.0. The van der Waals surface area contributed by atoms with Crippen LogP contribution in [0.4, 0.5) is 0 Å². The lowest BCUT2D eigenvalue weighted by molar-refractivity contribution is 0.339. The second-order valence-corrected chi connectivity index (χ2v) is 6.12. The molecule has 6 nitrogen and oxygen atoms in total. The van der Waals surface area contributed by atoms with Gasteiger partial charge in [0.2, 0.25) is 11.7 Å². The Bertz CT molecular complexity index is 864. The van der Waals surface area contributed by atoms with Crippen molar-refractivity contribution in [1.29, 1.82) is 0 Å². The van der Waals surface area contributed by atoms with E-state index in [1.807, 2.05) is 62.0 Å². The fourth-order valence-electron chi connectivity index (χ4n) is 2.65. The molecule has 0 saturated carbocycles. The Morgan fingerprint density at radius 2 is 2.12 bits per heavy atom. The molecule has 25 heavy (non-hydrogen) atoms. The van der Waals surface area contributed by atoms with Crippen LogP contribution >= 0.6 is 0 Å². The number of hydrogen-bond acceptors (Lipinski definition) is 5. The summed E-state index contributed by atoms with van der Waals surface area (Å²) in [7, 11) is 0. The van der Waals surface area contributed by atoms with Crippen molar-refractivity contribution in [2.45, 2.75) is 39.9 Å². The summed E-state index contributed by atoms with van der Waals surface area (Å²) in [4.78, 5) is 4.54. The number of allylic oxidation sites excluding steroid dienone is 1. The van der Waals surface area contributed by atoms with Crippen molar-refractivity contribution in [1.82, 2.24) is 25.2 Å². The highest BCUT2D eigenvalue weighted by molar-refractivity contribution is 5.58. The number of rotatable bonds is 7. The van der Waals surface area contributed by atoms with Crippen LogP contribution in [0.1, 0.15) is 35.7 Å². The fraction of sp³-hybridized carbons (Fsp3) is 0.316. The van der Waals surface area contributed by atoms with E-state index in [0.717, 1.165) is 22.4 Å². The van der Waals surface area contributed by atoms with E-state index in [2.05, 4.69) is 27.1 Å². The van der Waals surface area contributed by atoms with Gasteiger partial charge in [-0.15, -0.1) is 6.58 Å². The molecule has 3 aromatic rings. The van der Waals surface area contributed by atoms with Gasteiger partial charge in [0.1, 0.15) is 0 Å². The lowest BCUT2D eigenvalue weighted by Gasteiger charge is -2.08. The summed E-state index contributed by atoms with van der Waals surface area (Å²) in [6.45, 7) is 11.2. The minimum atomic E-state index is -0.0487. The van der Waals surface area contributed by atoms with Gasteiger partial charge in [-0.1, -0.05) is 35.5 Å². The van der Waals surface area contributed by atoms with Gasteiger partial charge in [0.15, 0.2) is 0 Å². The van der Waals surface area contributed by atoms with E-state index >= 15 is 0 Å². The van der Waals surface area contributed by atoms with Gasteiger partial charge in [-0.05, 0) is 26.3 Å². The van der Waals surface area contributed by atoms with Crippen LogP contribution in [0.5, 0.6) is 0 Å². The molecule has 0 aliphatic heterocycles. The zero-order valence-electron chi connectivity index (χ0n) is 14.9. The second-order valence-electron chi connectivity index (χ2n) is 6.12. The van der Waals surface area contributed by atoms with Gasteiger partial charge < -0.3 is 9.84 Å². The standard InChI is InChI=1S/C19H23N5O/c1-5-10-24-12-16(14(3)22-24)11-20-15(4)19-21-18(23-25-19)17-9-7-6-8-13(17)2/h5-9,12,15,20H,1,10-11H2,2-4H3/t15-/m0/s1. The Labute approximate surface area is 147 Å². The highest BCUT2D eigenvalue weighted by Gasteiger charge is 2.16. The number of hydrogen-bond donors (Lipinski definition) is 1. The third-order valence-electron chi connectivity index (χ3n) is 4.16. The number of benzene rings is 1. The fourth-order valence-corrected chi connectivity index (χ4v) is 2.65. The highest BCUT2D eigenvalue weighted by atomic mass is 16.5. The summed E-state index contributed by atoms with van der Waals surface area (Å²) in [6, 6.07) is 7.96. The molecule has 0 aliphatic rings. The van der Waals surface area contributed by atoms with Crippen LogP contribution in [0, 0.1) is 13.8 Å². The van der Waals surface area contributed by atoms with Crippen LogP contribution in [0.25, 0.3) is 11.4 Å². The molecule has 2 heterocycles. The molecule has 0 bridgehead atoms. The molecular weight excluding hydrogens is 314 g/mol. The first kappa shape index (κ1) is 17.1. The molecule has 0 saturated heterocycles. The van der Waals surface area contributed by atoms with Crippen LogP contribution in [-0.4, -0.2) is 19.9 Å². The largest absolute Gasteiger partial charge is 0.337 e. The average Bonchev–Trinajstić information content (AvgIpc) is 3.21. The van der Waals surface area contributed by atoms with Crippen molar-refractivity contribution >= 4 is 0 Å². The minimum Gasteiger partial charge on any atom is -0.337 e. The lowest BCUT2D eigenvalue weighted by atomic mass is 10.1. The molecule has 0 spiro atoms. The van der Waals surface area contributed by atoms with Crippen molar-refractivity contribution in [2.75, 3.05) is 0 Å². The van der Waals surface area contributed by atoms with Crippen LogP contribution in [0.3, 0.4) is 0 Å². The predicted octanol–water partition coefficient (Wildman–Crippen LogP) is 3.59. The molecule has 2 aromatic heterocycles. The van der Waals surface area contributed by atoms with E-state index in [1.54, 1.807) is 0 Å². The molecule has 0 fully saturated rings. The van der Waals surface area contributed by atoms with E-state index in [9.17, 15) is 0 Å². The van der Waals surface area contributed by atoms with Crippen LogP contribution < -0.4 is 5.32 Å². The average molecular weight is 337 g/mol. The van der Waals surface area contributed by atoms with Crippen LogP contribution in [0.2, 0.25) is 0 Å². The summed E-state index contributed by atoms with van der Waals surface area (Å²) in [6.07, 6.45) is 3.86. The number of nitrogens with one attached hydrogen (secondary N) is 1. The number of aromatic nitrogens is 4. The maximum absolute atomic E-state index is 5.44. The second kappa shape index (κ2) is 7.44. The van der Waals surface area contributed by atoms with Gasteiger partial charge in [0, 0.05) is 23.9 Å². The first-order chi connectivity index (χ1) is 12.1. The van der Waals surface area contributed by atoms with E-state index < -0.39 is 0 Å². The molecule has 1 N–H and O–H groups in total. The third-order valence-corrected chi connectivity index (χ3v) is 4.16. The smallest absolute Gasteiger partial charge is 0.243 e. The first-order valence-corrected chi connectivity index (χ1v) is 8.35. The van der Waals surface area contributed by atoms with Crippen LogP contribution in [-0.2, 0) is 13.1 Å². The van der Waals surface area contributed by atoms with Gasteiger partial charge in [0.05, 0.1) is 18.3 Å². The maximum atomic E-state index is 5.44. The van der Waals surface area contributed by atoms with E-state index in [0.29, 0.717) is 24.8 Å². The Kier molecular flexibility index (Phi) is 5.09. The number of aryl methyl sites for hydroxylation is 2. The highest BCUT2D eigenvalue weighted by Crippen LogP contribution is 2.22. The Morgan fingerprint density at radius 3 is 2.88 bits per heavy atom. The zero-order chi connectivity index (χ0) is 17.8. The van der Waals surface area contributed by atoms with Gasteiger partial charge in [0.25, 0.3) is 0 Å². The topological polar surface area (TPSA) is 68.8 Å². The van der Waals surface area contributed by atoms with Gasteiger partial charge in [-0.3, -0.25) is 4.68 Å². The maximum Gasteiger partial charge on any atom is 0.243 e. The Morgan fingerprint density at radius 1 is 1.32 bits per heavy atom. The van der Waals surface area contributed by atoms with Crippen molar-refractivity contribution in [3.05, 3.63) is 65.8 Å². The monoisotopic (exact) mass is 337 g/mol. The first-order valence-electron chi connectivity index (χ1n) is 8.35. The van der Waals surface area contributed by atoms with Gasteiger partial charge in [-0.25, -0.2) is 0 Å². The quantitative estimate of drug-likeness (QED) is 0.667.